The molecular weight excluding hydrogens is 358 g/mol. The Morgan fingerprint density at radius 2 is 1.73 bits per heavy atom. The molecule has 1 amide bonds. The Bertz CT molecular complexity index is 766. The van der Waals surface area contributed by atoms with Gasteiger partial charge in [-0.15, -0.1) is 0 Å². The fourth-order valence-corrected chi connectivity index (χ4v) is 2.56. The van der Waals surface area contributed by atoms with E-state index in [1.54, 1.807) is 43.5 Å². The summed E-state index contributed by atoms with van der Waals surface area (Å²) in [6, 6.07) is 10.3. The quantitative estimate of drug-likeness (QED) is 0.745. The van der Waals surface area contributed by atoms with E-state index in [9.17, 15) is 4.79 Å². The lowest BCUT2D eigenvalue weighted by Gasteiger charge is -2.19. The number of benzene rings is 2. The molecule has 0 spiro atoms. The van der Waals surface area contributed by atoms with Crippen molar-refractivity contribution in [2.24, 2.45) is 0 Å². The van der Waals surface area contributed by atoms with Gasteiger partial charge in [-0.1, -0.05) is 24.6 Å². The molecule has 1 N–H and O–H groups in total. The number of amides is 1. The van der Waals surface area contributed by atoms with Gasteiger partial charge in [0, 0.05) is 18.2 Å². The monoisotopic (exact) mass is 379 g/mol. The first-order valence-corrected chi connectivity index (χ1v) is 8.43. The van der Waals surface area contributed by atoms with Gasteiger partial charge in [0.2, 0.25) is 0 Å². The van der Waals surface area contributed by atoms with Crippen LogP contribution in [-0.2, 0) is 4.79 Å². The molecule has 0 aliphatic rings. The maximum Gasteiger partial charge on any atom is 0.265 e. The van der Waals surface area contributed by atoms with Gasteiger partial charge in [0.15, 0.2) is 6.10 Å². The van der Waals surface area contributed by atoms with Crippen LogP contribution < -0.4 is 24.3 Å². The van der Waals surface area contributed by atoms with Crippen LogP contribution in [0.3, 0.4) is 0 Å². The van der Waals surface area contributed by atoms with Gasteiger partial charge in [-0.2, -0.15) is 0 Å². The molecule has 140 valence electrons. The molecule has 26 heavy (non-hydrogen) atoms. The zero-order chi connectivity index (χ0) is 19.1. The molecule has 0 saturated carbocycles. The second-order valence-electron chi connectivity index (χ2n) is 5.37. The lowest BCUT2D eigenvalue weighted by atomic mass is 10.2. The van der Waals surface area contributed by atoms with Gasteiger partial charge in [-0.3, -0.25) is 4.79 Å². The van der Waals surface area contributed by atoms with E-state index in [2.05, 4.69) is 5.32 Å². The van der Waals surface area contributed by atoms with Crippen molar-refractivity contribution in [1.82, 2.24) is 0 Å². The molecule has 1 unspecified atom stereocenters. The smallest absolute Gasteiger partial charge is 0.265 e. The van der Waals surface area contributed by atoms with Crippen LogP contribution in [0.5, 0.6) is 23.0 Å². The van der Waals surface area contributed by atoms with Crippen molar-refractivity contribution in [3.05, 3.63) is 41.4 Å². The first kappa shape index (κ1) is 19.7. The predicted octanol–water partition coefficient (Wildman–Crippen LogP) is 4.16. The van der Waals surface area contributed by atoms with Crippen LogP contribution >= 0.6 is 11.6 Å². The van der Waals surface area contributed by atoms with E-state index in [0.29, 0.717) is 40.1 Å². The summed E-state index contributed by atoms with van der Waals surface area (Å²) in [6.45, 7) is 1.87. The SMILES string of the molecule is CCC(Oc1cccc(OC)c1)C(=O)Nc1cc(OC)c(Cl)cc1OC. The van der Waals surface area contributed by atoms with Gasteiger partial charge >= 0.3 is 0 Å². The third-order valence-corrected chi connectivity index (χ3v) is 4.01. The third-order valence-electron chi connectivity index (χ3n) is 3.71. The van der Waals surface area contributed by atoms with Gasteiger partial charge in [-0.05, 0) is 18.6 Å². The highest BCUT2D eigenvalue weighted by Gasteiger charge is 2.21. The lowest BCUT2D eigenvalue weighted by Crippen LogP contribution is -2.32. The summed E-state index contributed by atoms with van der Waals surface area (Å²) >= 11 is 6.09. The van der Waals surface area contributed by atoms with Crippen LogP contribution in [0.2, 0.25) is 5.02 Å². The van der Waals surface area contributed by atoms with E-state index in [-0.39, 0.29) is 5.91 Å². The Hall–Kier alpha value is -2.60. The molecule has 1 atom stereocenters. The van der Waals surface area contributed by atoms with E-state index in [4.69, 9.17) is 30.5 Å². The summed E-state index contributed by atoms with van der Waals surface area (Å²) < 4.78 is 21.4. The predicted molar refractivity (Wildman–Crippen MR) is 101 cm³/mol. The molecule has 0 aliphatic carbocycles. The van der Waals surface area contributed by atoms with Crippen molar-refractivity contribution in [2.45, 2.75) is 19.4 Å². The number of carbonyl (C=O) groups is 1. The molecule has 2 aromatic rings. The molecule has 2 aromatic carbocycles. The van der Waals surface area contributed by atoms with E-state index >= 15 is 0 Å². The highest BCUT2D eigenvalue weighted by Crippen LogP contribution is 2.36. The Morgan fingerprint density at radius 3 is 2.35 bits per heavy atom. The standard InChI is InChI=1S/C19H22ClNO5/c1-5-16(26-13-8-6-7-12(9-13)23-2)19(22)21-15-11-17(24-3)14(20)10-18(15)25-4/h6-11,16H,5H2,1-4H3,(H,21,22). The molecule has 0 saturated heterocycles. The average Bonchev–Trinajstić information content (AvgIpc) is 2.67. The highest BCUT2D eigenvalue weighted by molar-refractivity contribution is 6.32. The molecule has 0 aromatic heterocycles. The van der Waals surface area contributed by atoms with Gasteiger partial charge in [-0.25, -0.2) is 0 Å². The Morgan fingerprint density at radius 1 is 1.04 bits per heavy atom. The van der Waals surface area contributed by atoms with E-state index < -0.39 is 6.10 Å². The molecule has 0 fully saturated rings. The molecule has 0 aliphatic heterocycles. The van der Waals surface area contributed by atoms with Crippen LogP contribution in [0, 0.1) is 0 Å². The van der Waals surface area contributed by atoms with E-state index in [1.807, 2.05) is 6.92 Å². The summed E-state index contributed by atoms with van der Waals surface area (Å²) in [5, 5.41) is 3.20. The van der Waals surface area contributed by atoms with Crippen molar-refractivity contribution < 1.29 is 23.7 Å². The first-order valence-electron chi connectivity index (χ1n) is 8.05. The van der Waals surface area contributed by atoms with Crippen molar-refractivity contribution in [3.63, 3.8) is 0 Å². The fourth-order valence-electron chi connectivity index (χ4n) is 2.33. The van der Waals surface area contributed by atoms with Crippen molar-refractivity contribution in [2.75, 3.05) is 26.6 Å². The second kappa shape index (κ2) is 9.20. The lowest BCUT2D eigenvalue weighted by molar-refractivity contribution is -0.122. The van der Waals surface area contributed by atoms with Gasteiger partial charge in [0.25, 0.3) is 5.91 Å². The number of ether oxygens (including phenoxy) is 4. The topological polar surface area (TPSA) is 66.0 Å². The fraction of sp³-hybridized carbons (Fsp3) is 0.316. The molecule has 0 radical (unpaired) electrons. The van der Waals surface area contributed by atoms with E-state index in [0.717, 1.165) is 0 Å². The number of anilines is 1. The normalized spacial score (nSPS) is 11.4. The average molecular weight is 380 g/mol. The van der Waals surface area contributed by atoms with Crippen LogP contribution in [0.4, 0.5) is 5.69 Å². The van der Waals surface area contributed by atoms with Crippen LogP contribution in [-0.4, -0.2) is 33.3 Å². The minimum atomic E-state index is -0.687. The third kappa shape index (κ3) is 4.73. The summed E-state index contributed by atoms with van der Waals surface area (Å²) in [5.74, 6) is 1.76. The molecular formula is C19H22ClNO5. The zero-order valence-corrected chi connectivity index (χ0v) is 15.9. The number of halogens is 1. The summed E-state index contributed by atoms with van der Waals surface area (Å²) in [4.78, 5) is 12.7. The van der Waals surface area contributed by atoms with Crippen molar-refractivity contribution in [1.29, 1.82) is 0 Å². The van der Waals surface area contributed by atoms with E-state index in [1.165, 1.54) is 14.2 Å². The van der Waals surface area contributed by atoms with Gasteiger partial charge in [0.05, 0.1) is 32.0 Å². The maximum absolute atomic E-state index is 12.7. The maximum atomic E-state index is 12.7. The summed E-state index contributed by atoms with van der Waals surface area (Å²) in [7, 11) is 4.57. The largest absolute Gasteiger partial charge is 0.497 e. The summed E-state index contributed by atoms with van der Waals surface area (Å²) in [6.07, 6.45) is -0.204. The molecule has 2 rings (SSSR count). The minimum absolute atomic E-state index is 0.307. The summed E-state index contributed by atoms with van der Waals surface area (Å²) in [5.41, 5.74) is 0.450. The molecule has 0 heterocycles. The minimum Gasteiger partial charge on any atom is -0.497 e. The Labute approximate surface area is 158 Å². The Balaban J connectivity index is 2.18. The molecule has 0 bridgehead atoms. The number of carbonyl (C=O) groups excluding carboxylic acids is 1. The Kier molecular flexibility index (Phi) is 6.97. The van der Waals surface area contributed by atoms with Gasteiger partial charge in [0.1, 0.15) is 23.0 Å². The number of hydrogen-bond acceptors (Lipinski definition) is 5. The highest BCUT2D eigenvalue weighted by atomic mass is 35.5. The second-order valence-corrected chi connectivity index (χ2v) is 5.78. The number of hydrogen-bond donors (Lipinski definition) is 1. The van der Waals surface area contributed by atoms with Crippen LogP contribution in [0.1, 0.15) is 13.3 Å². The molecule has 6 nitrogen and oxygen atoms in total. The number of methoxy groups -OCH3 is 3. The van der Waals surface area contributed by atoms with Crippen molar-refractivity contribution in [3.8, 4) is 23.0 Å². The van der Waals surface area contributed by atoms with Crippen LogP contribution in [0.25, 0.3) is 0 Å². The zero-order valence-electron chi connectivity index (χ0n) is 15.2. The number of nitrogens with one attached hydrogen (secondary N) is 1. The number of rotatable bonds is 8. The molecule has 7 heteroatoms. The van der Waals surface area contributed by atoms with Crippen molar-refractivity contribution >= 4 is 23.2 Å². The van der Waals surface area contributed by atoms with Gasteiger partial charge < -0.3 is 24.3 Å². The first-order chi connectivity index (χ1) is 12.5. The van der Waals surface area contributed by atoms with Crippen LogP contribution in [0.15, 0.2) is 36.4 Å².